The molecule has 8 heteroatoms. The average Bonchev–Trinajstić information content (AvgIpc) is 3.21. The number of aromatic amines is 1. The molecule has 0 bridgehead atoms. The normalized spacial score (nSPS) is 10.8. The topological polar surface area (TPSA) is 116 Å². The Morgan fingerprint density at radius 1 is 1.13 bits per heavy atom. The van der Waals surface area contributed by atoms with E-state index in [1.807, 2.05) is 54.6 Å². The van der Waals surface area contributed by atoms with Crippen LogP contribution in [0.3, 0.4) is 0 Å². The zero-order valence-corrected chi connectivity index (χ0v) is 16.4. The zero-order valence-electron chi connectivity index (χ0n) is 16.4. The highest BCUT2D eigenvalue weighted by Gasteiger charge is 2.12. The Morgan fingerprint density at radius 3 is 2.84 bits per heavy atom. The number of hydrogen-bond acceptors (Lipinski definition) is 6. The number of rotatable bonds is 7. The molecule has 1 amide bonds. The van der Waals surface area contributed by atoms with E-state index in [0.29, 0.717) is 11.3 Å². The largest absolute Gasteiger partial charge is 0.355 e. The second-order valence-electron chi connectivity index (χ2n) is 6.51. The molecular formula is C23H18N6O2. The minimum absolute atomic E-state index is 0.227. The molecule has 2 aromatic heterocycles. The van der Waals surface area contributed by atoms with E-state index >= 15 is 0 Å². The van der Waals surface area contributed by atoms with E-state index in [1.54, 1.807) is 30.5 Å². The summed E-state index contributed by atoms with van der Waals surface area (Å²) < 4.78 is 0. The first-order valence-corrected chi connectivity index (χ1v) is 9.47. The van der Waals surface area contributed by atoms with Crippen LogP contribution in [0.25, 0.3) is 23.1 Å². The smallest absolute Gasteiger partial charge is 0.276 e. The third kappa shape index (κ3) is 4.75. The van der Waals surface area contributed by atoms with Gasteiger partial charge in [0.1, 0.15) is 0 Å². The number of carbonyl (C=O) groups is 1. The number of amides is 1. The maximum Gasteiger partial charge on any atom is 0.276 e. The van der Waals surface area contributed by atoms with Crippen LogP contribution in [-0.4, -0.2) is 27.7 Å². The van der Waals surface area contributed by atoms with E-state index in [1.165, 1.54) is 0 Å². The van der Waals surface area contributed by atoms with E-state index in [4.69, 9.17) is 10.1 Å². The number of pyridine rings is 1. The monoisotopic (exact) mass is 410 g/mol. The van der Waals surface area contributed by atoms with E-state index in [-0.39, 0.29) is 6.61 Å². The Bertz CT molecular complexity index is 1270. The lowest BCUT2D eigenvalue weighted by atomic mass is 10.1. The van der Waals surface area contributed by atoms with Crippen LogP contribution in [0.2, 0.25) is 0 Å². The molecule has 152 valence electrons. The third-order valence-electron chi connectivity index (χ3n) is 4.44. The van der Waals surface area contributed by atoms with Crippen LogP contribution in [0, 0.1) is 11.3 Å². The van der Waals surface area contributed by atoms with Crippen molar-refractivity contribution < 1.29 is 9.63 Å². The lowest BCUT2D eigenvalue weighted by Crippen LogP contribution is -2.24. The molecule has 2 heterocycles. The standard InChI is InChI=1S/C23H18N6O2/c24-12-14-31-29-23(30)19-6-1-2-7-20(19)26-17-8-10-18-21(27-28-22(18)15-17)11-9-16-5-3-4-13-25-16/h1-11,13,15,26H,14H2,(H,27,28)(H,29,30)/b11-9+. The summed E-state index contributed by atoms with van der Waals surface area (Å²) in [5.41, 5.74) is 6.55. The summed E-state index contributed by atoms with van der Waals surface area (Å²) in [5, 5.41) is 20.1. The van der Waals surface area contributed by atoms with Crippen LogP contribution in [0.5, 0.6) is 0 Å². The van der Waals surface area contributed by atoms with E-state index in [9.17, 15) is 4.79 Å². The molecule has 0 spiro atoms. The molecule has 0 atom stereocenters. The Balaban J connectivity index is 1.54. The highest BCUT2D eigenvalue weighted by molar-refractivity contribution is 6.00. The Kier molecular flexibility index (Phi) is 5.97. The lowest BCUT2D eigenvalue weighted by molar-refractivity contribution is 0.0435. The fourth-order valence-electron chi connectivity index (χ4n) is 3.02. The molecule has 0 unspecified atom stereocenters. The number of anilines is 2. The van der Waals surface area contributed by atoms with Gasteiger partial charge >= 0.3 is 0 Å². The van der Waals surface area contributed by atoms with Crippen LogP contribution in [0.4, 0.5) is 11.4 Å². The van der Waals surface area contributed by atoms with Gasteiger partial charge in [0.2, 0.25) is 0 Å². The highest BCUT2D eigenvalue weighted by Crippen LogP contribution is 2.26. The van der Waals surface area contributed by atoms with Crippen molar-refractivity contribution in [3.05, 3.63) is 83.8 Å². The highest BCUT2D eigenvalue weighted by atomic mass is 16.6. The zero-order chi connectivity index (χ0) is 21.5. The van der Waals surface area contributed by atoms with Gasteiger partial charge in [0.05, 0.1) is 34.2 Å². The van der Waals surface area contributed by atoms with Crippen LogP contribution >= 0.6 is 0 Å². The number of hydrogen-bond donors (Lipinski definition) is 3. The maximum atomic E-state index is 12.3. The molecule has 2 aromatic carbocycles. The molecule has 0 aliphatic rings. The Hall–Kier alpha value is -4.48. The van der Waals surface area contributed by atoms with Crippen molar-refractivity contribution in [2.45, 2.75) is 0 Å². The molecular weight excluding hydrogens is 392 g/mol. The molecule has 0 aliphatic heterocycles. The third-order valence-corrected chi connectivity index (χ3v) is 4.44. The SMILES string of the molecule is N#CCONC(=O)c1ccccc1Nc1ccc2c(/C=C/c3ccccn3)n[nH]c2c1. The Morgan fingerprint density at radius 2 is 2.00 bits per heavy atom. The van der Waals surface area contributed by atoms with Crippen LogP contribution in [0.1, 0.15) is 21.7 Å². The summed E-state index contributed by atoms with van der Waals surface area (Å²) in [6.07, 6.45) is 5.56. The molecule has 0 saturated carbocycles. The Labute approximate surface area is 178 Å². The number of para-hydroxylation sites is 1. The van der Waals surface area contributed by atoms with E-state index in [0.717, 1.165) is 28.0 Å². The van der Waals surface area contributed by atoms with Gasteiger partial charge in [-0.15, -0.1) is 0 Å². The predicted molar refractivity (Wildman–Crippen MR) is 118 cm³/mol. The van der Waals surface area contributed by atoms with Gasteiger partial charge in [0.15, 0.2) is 6.61 Å². The van der Waals surface area contributed by atoms with E-state index in [2.05, 4.69) is 26.0 Å². The first kappa shape index (κ1) is 19.8. The summed E-state index contributed by atoms with van der Waals surface area (Å²) in [5.74, 6) is -0.442. The molecule has 4 rings (SSSR count). The number of H-pyrrole nitrogens is 1. The average molecular weight is 410 g/mol. The van der Waals surface area contributed by atoms with Crippen molar-refractivity contribution in [1.82, 2.24) is 20.7 Å². The van der Waals surface area contributed by atoms with Crippen molar-refractivity contribution in [1.29, 1.82) is 5.26 Å². The quantitative estimate of drug-likeness (QED) is 0.313. The van der Waals surface area contributed by atoms with Gasteiger partial charge in [-0.3, -0.25) is 19.7 Å². The van der Waals surface area contributed by atoms with Gasteiger partial charge in [-0.2, -0.15) is 10.4 Å². The van der Waals surface area contributed by atoms with Gasteiger partial charge in [0, 0.05) is 17.3 Å². The van der Waals surface area contributed by atoms with Crippen LogP contribution in [-0.2, 0) is 4.84 Å². The summed E-state index contributed by atoms with van der Waals surface area (Å²) in [4.78, 5) is 21.4. The molecule has 0 aliphatic carbocycles. The van der Waals surface area contributed by atoms with Crippen LogP contribution < -0.4 is 10.8 Å². The minimum Gasteiger partial charge on any atom is -0.355 e. The summed E-state index contributed by atoms with van der Waals surface area (Å²) in [6.45, 7) is -0.227. The number of fused-ring (bicyclic) bond motifs is 1. The number of nitrogens with zero attached hydrogens (tertiary/aromatic N) is 3. The van der Waals surface area contributed by atoms with Crippen molar-refractivity contribution >= 4 is 40.3 Å². The second kappa shape index (κ2) is 9.35. The van der Waals surface area contributed by atoms with Crippen molar-refractivity contribution in [3.63, 3.8) is 0 Å². The number of nitriles is 1. The lowest BCUT2D eigenvalue weighted by Gasteiger charge is -2.12. The second-order valence-corrected chi connectivity index (χ2v) is 6.51. The van der Waals surface area contributed by atoms with Crippen molar-refractivity contribution in [2.24, 2.45) is 0 Å². The number of hydroxylamine groups is 1. The fourth-order valence-corrected chi connectivity index (χ4v) is 3.02. The van der Waals surface area contributed by atoms with Gasteiger partial charge in [0.25, 0.3) is 5.91 Å². The maximum absolute atomic E-state index is 12.3. The summed E-state index contributed by atoms with van der Waals surface area (Å²) >= 11 is 0. The summed E-state index contributed by atoms with van der Waals surface area (Å²) in [6, 6.07) is 20.3. The van der Waals surface area contributed by atoms with Gasteiger partial charge in [-0.05, 0) is 54.6 Å². The molecule has 8 nitrogen and oxygen atoms in total. The molecule has 4 aromatic rings. The van der Waals surface area contributed by atoms with Gasteiger partial charge in [-0.25, -0.2) is 5.48 Å². The molecule has 0 radical (unpaired) electrons. The number of nitrogens with one attached hydrogen (secondary N) is 3. The molecule has 0 fully saturated rings. The van der Waals surface area contributed by atoms with Gasteiger partial charge < -0.3 is 5.32 Å². The minimum atomic E-state index is -0.442. The first-order valence-electron chi connectivity index (χ1n) is 9.47. The van der Waals surface area contributed by atoms with Crippen LogP contribution in [0.15, 0.2) is 66.9 Å². The van der Waals surface area contributed by atoms with Crippen molar-refractivity contribution in [3.8, 4) is 6.07 Å². The number of benzene rings is 2. The summed E-state index contributed by atoms with van der Waals surface area (Å²) in [7, 11) is 0. The van der Waals surface area contributed by atoms with E-state index < -0.39 is 5.91 Å². The molecule has 3 N–H and O–H groups in total. The first-order chi connectivity index (χ1) is 15.2. The van der Waals surface area contributed by atoms with Crippen molar-refractivity contribution in [2.75, 3.05) is 11.9 Å². The number of aromatic nitrogens is 3. The molecule has 0 saturated heterocycles. The predicted octanol–water partition coefficient (Wildman–Crippen LogP) is 4.06. The molecule has 31 heavy (non-hydrogen) atoms. The number of carbonyl (C=O) groups excluding carboxylic acids is 1. The van der Waals surface area contributed by atoms with Gasteiger partial charge in [-0.1, -0.05) is 18.2 Å². The fraction of sp³-hybridized carbons (Fsp3) is 0.0435.